The highest BCUT2D eigenvalue weighted by molar-refractivity contribution is 6.15. The predicted octanol–water partition coefficient (Wildman–Crippen LogP) is 6.12. The normalized spacial score (nSPS) is 17.2. The third-order valence-electron chi connectivity index (χ3n) is 5.06. The van der Waals surface area contributed by atoms with Gasteiger partial charge >= 0.3 is 6.18 Å². The van der Waals surface area contributed by atoms with Gasteiger partial charge in [-0.3, -0.25) is 0 Å². The summed E-state index contributed by atoms with van der Waals surface area (Å²) in [6.07, 6.45) is 4.71. The minimum Gasteiger partial charge on any atom is -0.454 e. The van der Waals surface area contributed by atoms with Crippen molar-refractivity contribution in [2.45, 2.75) is 12.9 Å². The zero-order valence-electron chi connectivity index (χ0n) is 18.3. The lowest BCUT2D eigenvalue weighted by Gasteiger charge is -2.24. The first-order valence-corrected chi connectivity index (χ1v) is 10.3. The fourth-order valence-corrected chi connectivity index (χ4v) is 3.49. The highest BCUT2D eigenvalue weighted by Gasteiger charge is 2.32. The van der Waals surface area contributed by atoms with E-state index in [1.165, 1.54) is 36.4 Å². The summed E-state index contributed by atoms with van der Waals surface area (Å²) in [6, 6.07) is 10.5. The molecule has 0 saturated carbocycles. The molecule has 4 rings (SSSR count). The van der Waals surface area contributed by atoms with E-state index in [-0.39, 0.29) is 34.4 Å². The molecule has 2 aliphatic carbocycles. The minimum atomic E-state index is -4.58. The highest BCUT2D eigenvalue weighted by Crippen LogP contribution is 2.36. The van der Waals surface area contributed by atoms with E-state index in [0.29, 0.717) is 16.7 Å². The van der Waals surface area contributed by atoms with Gasteiger partial charge in [-0.05, 0) is 60.2 Å². The van der Waals surface area contributed by atoms with Crippen LogP contribution in [0.5, 0.6) is 11.5 Å². The van der Waals surface area contributed by atoms with E-state index in [1.807, 2.05) is 0 Å². The number of ether oxygens (including phenoxy) is 2. The van der Waals surface area contributed by atoms with E-state index < -0.39 is 18.4 Å². The van der Waals surface area contributed by atoms with Gasteiger partial charge in [-0.15, -0.1) is 0 Å². The van der Waals surface area contributed by atoms with Crippen molar-refractivity contribution in [3.05, 3.63) is 107 Å². The number of aliphatic imine (C=N–C) groups is 2. The van der Waals surface area contributed by atoms with Crippen molar-refractivity contribution < 1.29 is 27.0 Å². The summed E-state index contributed by atoms with van der Waals surface area (Å²) in [5.41, 5.74) is 0.387. The molecule has 2 aliphatic rings. The number of hydrogen-bond donors (Lipinski definition) is 0. The summed E-state index contributed by atoms with van der Waals surface area (Å²) in [5.74, 6) is 0.274. The van der Waals surface area contributed by atoms with Crippen LogP contribution in [0.1, 0.15) is 11.1 Å². The Balaban J connectivity index is 1.85. The number of alkyl halides is 4. The maximum absolute atomic E-state index is 13.2. The maximum Gasteiger partial charge on any atom is 0.416 e. The van der Waals surface area contributed by atoms with Crippen LogP contribution in [0.15, 0.2) is 105 Å². The molecule has 6 nitrogen and oxygen atoms in total. The number of fused-ring (bicyclic) bond motifs is 1. The molecular formula is C26H14F4N4O2. The van der Waals surface area contributed by atoms with Crippen LogP contribution < -0.4 is 9.47 Å². The van der Waals surface area contributed by atoms with E-state index in [4.69, 9.17) is 20.0 Å². The van der Waals surface area contributed by atoms with E-state index >= 15 is 0 Å². The van der Waals surface area contributed by atoms with Crippen molar-refractivity contribution in [3.63, 3.8) is 0 Å². The van der Waals surface area contributed by atoms with Gasteiger partial charge in [0.25, 0.3) is 0 Å². The second kappa shape index (κ2) is 10.1. The van der Waals surface area contributed by atoms with Crippen molar-refractivity contribution in [2.24, 2.45) is 9.98 Å². The first-order valence-electron chi connectivity index (χ1n) is 10.3. The van der Waals surface area contributed by atoms with Crippen molar-refractivity contribution in [1.82, 2.24) is 0 Å². The van der Waals surface area contributed by atoms with Gasteiger partial charge < -0.3 is 9.47 Å². The molecular weight excluding hydrogens is 476 g/mol. The van der Waals surface area contributed by atoms with Crippen LogP contribution in [0.25, 0.3) is 0 Å². The van der Waals surface area contributed by atoms with Crippen molar-refractivity contribution >= 4 is 11.4 Å². The predicted molar refractivity (Wildman–Crippen MR) is 122 cm³/mol. The van der Waals surface area contributed by atoms with Gasteiger partial charge in [-0.2, -0.15) is 33.7 Å². The first-order chi connectivity index (χ1) is 17.3. The minimum absolute atomic E-state index is 0.000703. The molecule has 0 fully saturated rings. The Bertz CT molecular complexity index is 1480. The first kappa shape index (κ1) is 24.2. The van der Waals surface area contributed by atoms with Gasteiger partial charge in [0, 0.05) is 11.1 Å². The number of nitriles is 2. The molecule has 0 aliphatic heterocycles. The fourth-order valence-electron chi connectivity index (χ4n) is 3.49. The second-order valence-corrected chi connectivity index (χ2v) is 7.36. The number of allylic oxidation sites excluding steroid dienone is 6. The van der Waals surface area contributed by atoms with Crippen molar-refractivity contribution in [3.8, 4) is 23.9 Å². The Morgan fingerprint density at radius 2 is 1.28 bits per heavy atom. The molecule has 0 aromatic heterocycles. The topological polar surface area (TPSA) is 90.8 Å². The summed E-state index contributed by atoms with van der Waals surface area (Å²) in [4.78, 5) is 7.49. The molecule has 0 radical (unpaired) electrons. The Kier molecular flexibility index (Phi) is 6.79. The van der Waals surface area contributed by atoms with Crippen molar-refractivity contribution in [1.29, 1.82) is 10.5 Å². The summed E-state index contributed by atoms with van der Waals surface area (Å²) in [7, 11) is 0. The SMILES string of the molecule is N#CN=C1C=CC2=C(Oc3cccc(C(F)(F)F)c3)C(=NC#N)C=CC2=C1Oc1cccc(CF)c1. The molecule has 0 bridgehead atoms. The smallest absolute Gasteiger partial charge is 0.416 e. The van der Waals surface area contributed by atoms with Crippen LogP contribution in [0.2, 0.25) is 0 Å². The molecule has 36 heavy (non-hydrogen) atoms. The molecule has 0 heterocycles. The second-order valence-electron chi connectivity index (χ2n) is 7.36. The van der Waals surface area contributed by atoms with Gasteiger partial charge in [0.1, 0.15) is 29.6 Å². The molecule has 0 spiro atoms. The Hall–Kier alpha value is -4.96. The molecule has 0 unspecified atom stereocenters. The lowest BCUT2D eigenvalue weighted by atomic mass is 9.90. The molecule has 2 aromatic rings. The third kappa shape index (κ3) is 5.08. The standard InChI is InChI=1S/C26H14F4N4O2/c27-13-16-3-1-5-18(11-16)35-24-20-7-10-23(34-15-32)25(21(20)8-9-22(24)33-14-31)36-19-6-2-4-17(12-19)26(28,29)30/h1-12H,13H2. The quantitative estimate of drug-likeness (QED) is 0.373. The summed E-state index contributed by atoms with van der Waals surface area (Å²) in [6.45, 7) is -0.712. The molecule has 2 aromatic carbocycles. The zero-order chi connectivity index (χ0) is 25.7. The number of benzene rings is 2. The van der Waals surface area contributed by atoms with Crippen LogP contribution >= 0.6 is 0 Å². The van der Waals surface area contributed by atoms with Gasteiger partial charge in [-0.1, -0.05) is 18.2 Å². The monoisotopic (exact) mass is 490 g/mol. The molecule has 0 saturated heterocycles. The van der Waals surface area contributed by atoms with Crippen LogP contribution in [0.4, 0.5) is 17.6 Å². The molecule has 0 amide bonds. The van der Waals surface area contributed by atoms with Gasteiger partial charge in [-0.25, -0.2) is 4.39 Å². The number of rotatable bonds is 5. The summed E-state index contributed by atoms with van der Waals surface area (Å²) in [5, 5.41) is 18.2. The average Bonchev–Trinajstić information content (AvgIpc) is 2.86. The fraction of sp³-hybridized carbons (Fsp3) is 0.0769. The average molecular weight is 490 g/mol. The Morgan fingerprint density at radius 3 is 1.78 bits per heavy atom. The third-order valence-corrected chi connectivity index (χ3v) is 5.06. The maximum atomic E-state index is 13.2. The van der Waals surface area contributed by atoms with E-state index in [0.717, 1.165) is 12.1 Å². The molecule has 0 N–H and O–H groups in total. The highest BCUT2D eigenvalue weighted by atomic mass is 19.4. The summed E-state index contributed by atoms with van der Waals surface area (Å²) >= 11 is 0. The lowest BCUT2D eigenvalue weighted by molar-refractivity contribution is -0.137. The lowest BCUT2D eigenvalue weighted by Crippen LogP contribution is -2.21. The van der Waals surface area contributed by atoms with Gasteiger partial charge in [0.2, 0.25) is 12.4 Å². The van der Waals surface area contributed by atoms with Gasteiger partial charge in [0.05, 0.1) is 5.56 Å². The van der Waals surface area contributed by atoms with Crippen molar-refractivity contribution in [2.75, 3.05) is 0 Å². The Labute approximate surface area is 202 Å². The van der Waals surface area contributed by atoms with E-state index in [1.54, 1.807) is 36.7 Å². The van der Waals surface area contributed by atoms with E-state index in [9.17, 15) is 17.6 Å². The number of hydrogen-bond acceptors (Lipinski definition) is 6. The van der Waals surface area contributed by atoms with Crippen LogP contribution in [-0.2, 0) is 12.9 Å². The number of nitrogens with zero attached hydrogens (tertiary/aromatic N) is 4. The number of halogens is 4. The molecule has 0 atom stereocenters. The molecule has 178 valence electrons. The zero-order valence-corrected chi connectivity index (χ0v) is 18.3. The Morgan fingerprint density at radius 1 is 0.750 bits per heavy atom. The summed E-state index contributed by atoms with van der Waals surface area (Å²) < 4.78 is 64.5. The van der Waals surface area contributed by atoms with Crippen LogP contribution in [0, 0.1) is 22.9 Å². The van der Waals surface area contributed by atoms with Gasteiger partial charge in [0.15, 0.2) is 11.5 Å². The van der Waals surface area contributed by atoms with Crippen LogP contribution in [-0.4, -0.2) is 11.4 Å². The largest absolute Gasteiger partial charge is 0.454 e. The van der Waals surface area contributed by atoms with Crippen LogP contribution in [0.3, 0.4) is 0 Å². The molecule has 10 heteroatoms. The van der Waals surface area contributed by atoms with E-state index in [2.05, 4.69) is 9.98 Å².